The largest absolute Gasteiger partial charge is 0.308 e. The summed E-state index contributed by atoms with van der Waals surface area (Å²) in [5, 5.41) is 10.7. The van der Waals surface area contributed by atoms with Crippen LogP contribution in [0, 0.1) is 12.3 Å². The molecule has 0 unspecified atom stereocenters. The molecule has 0 spiro atoms. The number of aromatic nitrogens is 2. The second-order valence-electron chi connectivity index (χ2n) is 5.50. The van der Waals surface area contributed by atoms with E-state index in [0.29, 0.717) is 17.1 Å². The van der Waals surface area contributed by atoms with Gasteiger partial charge in [-0.2, -0.15) is 0 Å². The van der Waals surface area contributed by atoms with Gasteiger partial charge in [-0.15, -0.1) is 0 Å². The van der Waals surface area contributed by atoms with Crippen molar-refractivity contribution in [3.63, 3.8) is 0 Å². The fourth-order valence-electron chi connectivity index (χ4n) is 2.55. The molecule has 0 atom stereocenters. The molecule has 3 aromatic rings. The molecule has 0 amide bonds. The summed E-state index contributed by atoms with van der Waals surface area (Å²) < 4.78 is 1.38. The zero-order valence-corrected chi connectivity index (χ0v) is 13.6. The zero-order chi connectivity index (χ0) is 17.1. The van der Waals surface area contributed by atoms with Crippen LogP contribution in [-0.2, 0) is 0 Å². The molecule has 24 heavy (non-hydrogen) atoms. The van der Waals surface area contributed by atoms with E-state index in [1.165, 1.54) is 4.68 Å². The third kappa shape index (κ3) is 2.84. The van der Waals surface area contributed by atoms with Crippen molar-refractivity contribution in [2.45, 2.75) is 13.8 Å². The standard InChI is InChI=1S/C19H18N4O/c1-13-8-6-7-11-17(13)21-14(2)23-19(24)16(12-20)18(22-23)15-9-4-3-5-10-15/h3-12,20,22H,1-2H3. The summed E-state index contributed by atoms with van der Waals surface area (Å²) in [6.45, 7) is 3.74. The highest BCUT2D eigenvalue weighted by Crippen LogP contribution is 2.20. The van der Waals surface area contributed by atoms with Gasteiger partial charge in [-0.05, 0) is 25.5 Å². The lowest BCUT2D eigenvalue weighted by Gasteiger charge is -2.04. The third-order valence-electron chi connectivity index (χ3n) is 3.85. The summed E-state index contributed by atoms with van der Waals surface area (Å²) in [4.78, 5) is 17.2. The molecule has 0 radical (unpaired) electrons. The van der Waals surface area contributed by atoms with Gasteiger partial charge in [0.1, 0.15) is 5.84 Å². The first-order chi connectivity index (χ1) is 11.6. The Hall–Kier alpha value is -3.21. The van der Waals surface area contributed by atoms with Crippen LogP contribution in [0.5, 0.6) is 0 Å². The first-order valence-electron chi connectivity index (χ1n) is 7.64. The maximum atomic E-state index is 12.6. The number of aromatic amines is 1. The zero-order valence-electron chi connectivity index (χ0n) is 13.6. The molecule has 2 N–H and O–H groups in total. The van der Waals surface area contributed by atoms with Gasteiger partial charge < -0.3 is 5.41 Å². The maximum Gasteiger partial charge on any atom is 0.281 e. The Morgan fingerprint density at radius 1 is 1.12 bits per heavy atom. The average molecular weight is 318 g/mol. The summed E-state index contributed by atoms with van der Waals surface area (Å²) in [6, 6.07) is 17.2. The highest BCUT2D eigenvalue weighted by Gasteiger charge is 2.15. The lowest BCUT2D eigenvalue weighted by Crippen LogP contribution is -2.24. The number of nitrogens with zero attached hydrogens (tertiary/aromatic N) is 2. The first-order valence-corrected chi connectivity index (χ1v) is 7.64. The van der Waals surface area contributed by atoms with Crippen molar-refractivity contribution in [2.24, 2.45) is 4.99 Å². The number of rotatable bonds is 3. The first kappa shape index (κ1) is 15.7. The molecule has 5 heteroatoms. The minimum absolute atomic E-state index is 0.279. The number of para-hydroxylation sites is 1. The van der Waals surface area contributed by atoms with Gasteiger partial charge >= 0.3 is 0 Å². The maximum absolute atomic E-state index is 12.6. The summed E-state index contributed by atoms with van der Waals surface area (Å²) >= 11 is 0. The van der Waals surface area contributed by atoms with Crippen molar-refractivity contribution < 1.29 is 0 Å². The number of hydrogen-bond acceptors (Lipinski definition) is 3. The van der Waals surface area contributed by atoms with Crippen LogP contribution in [0.15, 0.2) is 64.4 Å². The molecular weight excluding hydrogens is 300 g/mol. The lowest BCUT2D eigenvalue weighted by atomic mass is 10.1. The monoisotopic (exact) mass is 318 g/mol. The molecule has 0 aliphatic rings. The molecule has 0 saturated heterocycles. The molecule has 5 nitrogen and oxygen atoms in total. The van der Waals surface area contributed by atoms with E-state index in [0.717, 1.165) is 23.0 Å². The van der Waals surface area contributed by atoms with Gasteiger partial charge in [-0.25, -0.2) is 9.67 Å². The Morgan fingerprint density at radius 2 is 1.79 bits per heavy atom. The predicted molar refractivity (Wildman–Crippen MR) is 97.7 cm³/mol. The summed E-state index contributed by atoms with van der Waals surface area (Å²) in [5.74, 6) is 0.527. The van der Waals surface area contributed by atoms with E-state index in [2.05, 4.69) is 10.1 Å². The molecule has 2 aromatic carbocycles. The quantitative estimate of drug-likeness (QED) is 0.560. The second-order valence-corrected chi connectivity index (χ2v) is 5.50. The van der Waals surface area contributed by atoms with Crippen LogP contribution in [0.3, 0.4) is 0 Å². The molecule has 0 aliphatic heterocycles. The van der Waals surface area contributed by atoms with Gasteiger partial charge in [0.05, 0.1) is 16.9 Å². The number of aryl methyl sites for hydroxylation is 1. The molecule has 3 rings (SSSR count). The van der Waals surface area contributed by atoms with E-state index in [1.807, 2.05) is 61.5 Å². The molecule has 0 aliphatic carbocycles. The minimum atomic E-state index is -0.279. The van der Waals surface area contributed by atoms with Crippen molar-refractivity contribution in [3.05, 3.63) is 76.1 Å². The average Bonchev–Trinajstić information content (AvgIpc) is 2.94. The van der Waals surface area contributed by atoms with Crippen LogP contribution in [0.1, 0.15) is 18.1 Å². The highest BCUT2D eigenvalue weighted by atomic mass is 16.1. The Balaban J connectivity index is 2.13. The fourth-order valence-corrected chi connectivity index (χ4v) is 2.55. The Kier molecular flexibility index (Phi) is 4.24. The molecule has 0 bridgehead atoms. The number of H-pyrrole nitrogens is 1. The normalized spacial score (nSPS) is 11.5. The molecule has 0 fully saturated rings. The van der Waals surface area contributed by atoms with Gasteiger partial charge in [0.25, 0.3) is 5.56 Å². The van der Waals surface area contributed by atoms with E-state index < -0.39 is 0 Å². The number of benzene rings is 2. The van der Waals surface area contributed by atoms with Gasteiger partial charge in [0, 0.05) is 11.8 Å². The molecule has 120 valence electrons. The Morgan fingerprint density at radius 3 is 2.46 bits per heavy atom. The molecule has 1 aromatic heterocycles. The van der Waals surface area contributed by atoms with Crippen molar-refractivity contribution in [2.75, 3.05) is 0 Å². The highest BCUT2D eigenvalue weighted by molar-refractivity contribution is 5.90. The van der Waals surface area contributed by atoms with Crippen LogP contribution < -0.4 is 5.56 Å². The van der Waals surface area contributed by atoms with E-state index in [4.69, 9.17) is 5.41 Å². The summed E-state index contributed by atoms with van der Waals surface area (Å²) in [6.07, 6.45) is 1.08. The van der Waals surface area contributed by atoms with Crippen LogP contribution in [0.2, 0.25) is 0 Å². The van der Waals surface area contributed by atoms with E-state index >= 15 is 0 Å². The van der Waals surface area contributed by atoms with E-state index in [1.54, 1.807) is 6.92 Å². The van der Waals surface area contributed by atoms with Crippen molar-refractivity contribution in [1.29, 1.82) is 5.41 Å². The predicted octanol–water partition coefficient (Wildman–Crippen LogP) is 3.75. The van der Waals surface area contributed by atoms with Crippen molar-refractivity contribution in [1.82, 2.24) is 9.78 Å². The van der Waals surface area contributed by atoms with Crippen molar-refractivity contribution in [3.8, 4) is 11.3 Å². The fraction of sp³-hybridized carbons (Fsp3) is 0.105. The molecular formula is C19H18N4O. The van der Waals surface area contributed by atoms with Crippen LogP contribution in [0.4, 0.5) is 5.69 Å². The second kappa shape index (κ2) is 6.50. The van der Waals surface area contributed by atoms with Gasteiger partial charge in [0.2, 0.25) is 0 Å². The number of nitrogens with one attached hydrogen (secondary N) is 2. The van der Waals surface area contributed by atoms with E-state index in [9.17, 15) is 4.79 Å². The smallest absolute Gasteiger partial charge is 0.281 e. The Labute approximate surface area is 139 Å². The van der Waals surface area contributed by atoms with E-state index in [-0.39, 0.29) is 5.56 Å². The number of aliphatic imine (C=N–C) groups is 1. The van der Waals surface area contributed by atoms with Crippen LogP contribution in [-0.4, -0.2) is 21.8 Å². The summed E-state index contributed by atoms with van der Waals surface area (Å²) in [7, 11) is 0. The minimum Gasteiger partial charge on any atom is -0.308 e. The Bertz CT molecular complexity index is 965. The number of hydrogen-bond donors (Lipinski definition) is 2. The molecule has 0 saturated carbocycles. The lowest BCUT2D eigenvalue weighted by molar-refractivity contribution is 0.897. The van der Waals surface area contributed by atoms with Gasteiger partial charge in [0.15, 0.2) is 0 Å². The topological polar surface area (TPSA) is 74.0 Å². The van der Waals surface area contributed by atoms with Crippen LogP contribution >= 0.6 is 0 Å². The van der Waals surface area contributed by atoms with Crippen molar-refractivity contribution >= 4 is 17.7 Å². The van der Waals surface area contributed by atoms with Crippen LogP contribution in [0.25, 0.3) is 11.3 Å². The summed E-state index contributed by atoms with van der Waals surface area (Å²) in [5.41, 5.74) is 3.37. The van der Waals surface area contributed by atoms with Gasteiger partial charge in [-0.1, -0.05) is 48.5 Å². The SMILES string of the molecule is CC(=Nc1ccccc1C)n1[nH]c(-c2ccccc2)c(C=N)c1=O. The molecule has 1 heterocycles. The van der Waals surface area contributed by atoms with Gasteiger partial charge in [-0.3, -0.25) is 9.89 Å². The third-order valence-corrected chi connectivity index (χ3v) is 3.85.